The van der Waals surface area contributed by atoms with Crippen molar-refractivity contribution >= 4 is 11.9 Å². The Bertz CT molecular complexity index is 356. The zero-order valence-corrected chi connectivity index (χ0v) is 11.6. The quantitative estimate of drug-likeness (QED) is 0.269. The van der Waals surface area contributed by atoms with Crippen LogP contribution in [0.4, 0.5) is 17.6 Å². The Morgan fingerprint density at radius 2 is 1.67 bits per heavy atom. The van der Waals surface area contributed by atoms with Crippen LogP contribution in [0.1, 0.15) is 32.6 Å². The maximum Gasteiger partial charge on any atom is 0.340 e. The fraction of sp³-hybridized carbons (Fsp3) is 0.692. The molecule has 21 heavy (non-hydrogen) atoms. The van der Waals surface area contributed by atoms with Crippen molar-refractivity contribution in [1.82, 2.24) is 0 Å². The molecule has 0 rings (SSSR count). The summed E-state index contributed by atoms with van der Waals surface area (Å²) >= 11 is 0. The minimum atomic E-state index is -4.39. The molecule has 0 aliphatic heterocycles. The van der Waals surface area contributed by atoms with Gasteiger partial charge in [-0.2, -0.15) is 8.78 Å². The van der Waals surface area contributed by atoms with Crippen LogP contribution in [-0.2, 0) is 19.1 Å². The molecule has 0 aliphatic carbocycles. The molecule has 0 unspecified atom stereocenters. The van der Waals surface area contributed by atoms with Gasteiger partial charge in [0.25, 0.3) is 0 Å². The second kappa shape index (κ2) is 10.2. The van der Waals surface area contributed by atoms with Crippen molar-refractivity contribution in [3.05, 3.63) is 12.2 Å². The number of halogens is 4. The molecule has 0 aliphatic rings. The second-order valence-corrected chi connectivity index (χ2v) is 4.11. The van der Waals surface area contributed by atoms with Gasteiger partial charge in [-0.15, -0.1) is 0 Å². The first-order chi connectivity index (χ1) is 9.79. The molecule has 0 N–H and O–H groups in total. The van der Waals surface area contributed by atoms with Gasteiger partial charge in [-0.25, -0.2) is 8.78 Å². The highest BCUT2D eigenvalue weighted by Crippen LogP contribution is 2.23. The molecule has 0 saturated carbocycles. The number of carbonyl (C=O) groups excluding carboxylic acids is 2. The topological polar surface area (TPSA) is 52.6 Å². The first kappa shape index (κ1) is 19.4. The van der Waals surface area contributed by atoms with E-state index >= 15 is 0 Å². The number of hydrogen-bond donors (Lipinski definition) is 0. The van der Waals surface area contributed by atoms with Crippen molar-refractivity contribution < 1.29 is 36.6 Å². The minimum Gasteiger partial charge on any atom is -0.465 e. The van der Waals surface area contributed by atoms with E-state index < -0.39 is 37.3 Å². The lowest BCUT2D eigenvalue weighted by atomic mass is 10.3. The Kier molecular flexibility index (Phi) is 9.40. The van der Waals surface area contributed by atoms with E-state index in [2.05, 4.69) is 4.74 Å². The van der Waals surface area contributed by atoms with Crippen molar-refractivity contribution in [3.8, 4) is 0 Å². The Morgan fingerprint density at radius 1 is 1.10 bits per heavy atom. The van der Waals surface area contributed by atoms with Gasteiger partial charge in [0.1, 0.15) is 0 Å². The zero-order chi connectivity index (χ0) is 16.3. The number of rotatable bonds is 10. The number of allylic oxidation sites excluding steroid dienone is 1. The highest BCUT2D eigenvalue weighted by Gasteiger charge is 2.42. The van der Waals surface area contributed by atoms with Crippen molar-refractivity contribution in [2.45, 2.75) is 45.0 Å². The van der Waals surface area contributed by atoms with Crippen LogP contribution in [0, 0.1) is 0 Å². The summed E-state index contributed by atoms with van der Waals surface area (Å²) in [6.07, 6.45) is 0.363. The molecular formula is C13H18F4O4. The summed E-state index contributed by atoms with van der Waals surface area (Å²) in [5.41, 5.74) is 0. The van der Waals surface area contributed by atoms with Crippen molar-refractivity contribution in [1.29, 1.82) is 0 Å². The Morgan fingerprint density at radius 3 is 2.19 bits per heavy atom. The lowest BCUT2D eigenvalue weighted by Crippen LogP contribution is -2.33. The summed E-state index contributed by atoms with van der Waals surface area (Å²) in [5.74, 6) is -6.22. The van der Waals surface area contributed by atoms with Gasteiger partial charge in [-0.05, 0) is 12.8 Å². The highest BCUT2D eigenvalue weighted by molar-refractivity contribution is 5.77. The maximum atomic E-state index is 12.4. The molecule has 0 spiro atoms. The summed E-state index contributed by atoms with van der Waals surface area (Å²) in [6, 6.07) is 0. The fourth-order valence-corrected chi connectivity index (χ4v) is 1.11. The third-order valence-electron chi connectivity index (χ3n) is 2.23. The molecule has 4 nitrogen and oxygen atoms in total. The molecule has 122 valence electrons. The van der Waals surface area contributed by atoms with E-state index in [0.717, 1.165) is 6.42 Å². The number of ether oxygens (including phenoxy) is 2. The van der Waals surface area contributed by atoms with E-state index in [1.165, 1.54) is 0 Å². The molecule has 0 radical (unpaired) electrons. The fourth-order valence-electron chi connectivity index (χ4n) is 1.11. The average molecular weight is 314 g/mol. The molecule has 0 saturated heterocycles. The van der Waals surface area contributed by atoms with E-state index in [-0.39, 0.29) is 13.0 Å². The molecule has 0 aromatic heterocycles. The Balaban J connectivity index is 3.78. The van der Waals surface area contributed by atoms with Gasteiger partial charge in [-0.1, -0.05) is 19.1 Å². The van der Waals surface area contributed by atoms with Crippen molar-refractivity contribution in [2.75, 3.05) is 13.2 Å². The SMILES string of the molecule is CC/C=C\CCOC(=O)CCC(=O)OCC(F)(F)C(F)F. The average Bonchev–Trinajstić information content (AvgIpc) is 2.42. The van der Waals surface area contributed by atoms with Gasteiger partial charge in [0, 0.05) is 0 Å². The van der Waals surface area contributed by atoms with E-state index in [0.29, 0.717) is 6.42 Å². The lowest BCUT2D eigenvalue weighted by Gasteiger charge is -2.14. The number of hydrogen-bond acceptors (Lipinski definition) is 4. The van der Waals surface area contributed by atoms with Gasteiger partial charge >= 0.3 is 24.3 Å². The molecule has 8 heteroatoms. The van der Waals surface area contributed by atoms with Gasteiger partial charge in [0.15, 0.2) is 6.61 Å². The summed E-state index contributed by atoms with van der Waals surface area (Å²) < 4.78 is 57.2. The largest absolute Gasteiger partial charge is 0.465 e. The third-order valence-corrected chi connectivity index (χ3v) is 2.23. The van der Waals surface area contributed by atoms with Crippen LogP contribution in [0.15, 0.2) is 12.2 Å². The van der Waals surface area contributed by atoms with Crippen LogP contribution in [0.3, 0.4) is 0 Å². The Hall–Kier alpha value is -1.60. The van der Waals surface area contributed by atoms with Crippen LogP contribution < -0.4 is 0 Å². The molecule has 0 aromatic carbocycles. The van der Waals surface area contributed by atoms with Crippen LogP contribution in [0.25, 0.3) is 0 Å². The third kappa shape index (κ3) is 9.86. The first-order valence-electron chi connectivity index (χ1n) is 6.41. The summed E-state index contributed by atoms with van der Waals surface area (Å²) in [6.45, 7) is 0.389. The predicted octanol–water partition coefficient (Wildman–Crippen LogP) is 3.11. The summed E-state index contributed by atoms with van der Waals surface area (Å²) in [4.78, 5) is 22.2. The minimum absolute atomic E-state index is 0.147. The molecule has 0 heterocycles. The molecule has 0 fully saturated rings. The highest BCUT2D eigenvalue weighted by atomic mass is 19.3. The Labute approximate surface area is 120 Å². The van der Waals surface area contributed by atoms with E-state index in [9.17, 15) is 27.2 Å². The van der Waals surface area contributed by atoms with Gasteiger partial charge < -0.3 is 9.47 Å². The van der Waals surface area contributed by atoms with E-state index in [4.69, 9.17) is 4.74 Å². The molecule has 0 aromatic rings. The van der Waals surface area contributed by atoms with Crippen LogP contribution in [0.5, 0.6) is 0 Å². The van der Waals surface area contributed by atoms with Crippen molar-refractivity contribution in [3.63, 3.8) is 0 Å². The molecule has 0 atom stereocenters. The van der Waals surface area contributed by atoms with Crippen molar-refractivity contribution in [2.24, 2.45) is 0 Å². The van der Waals surface area contributed by atoms with Crippen LogP contribution in [-0.4, -0.2) is 37.5 Å². The number of esters is 2. The van der Waals surface area contributed by atoms with Gasteiger partial charge in [0.05, 0.1) is 19.4 Å². The normalized spacial score (nSPS) is 11.9. The summed E-state index contributed by atoms with van der Waals surface area (Å²) in [5, 5.41) is 0. The lowest BCUT2D eigenvalue weighted by molar-refractivity contribution is -0.180. The zero-order valence-electron chi connectivity index (χ0n) is 11.6. The first-order valence-corrected chi connectivity index (χ1v) is 6.41. The maximum absolute atomic E-state index is 12.4. The monoisotopic (exact) mass is 314 g/mol. The second-order valence-electron chi connectivity index (χ2n) is 4.11. The predicted molar refractivity (Wildman–Crippen MR) is 66.2 cm³/mol. The van der Waals surface area contributed by atoms with E-state index in [1.54, 1.807) is 0 Å². The standard InChI is InChI=1S/C13H18F4O4/c1-2-3-4-5-8-20-10(18)6-7-11(19)21-9-13(16,17)12(14)15/h3-4,12H,2,5-9H2,1H3/b4-3-. The number of carbonyl (C=O) groups is 2. The summed E-state index contributed by atoms with van der Waals surface area (Å²) in [7, 11) is 0. The number of alkyl halides is 4. The molecule has 0 amide bonds. The van der Waals surface area contributed by atoms with E-state index in [1.807, 2.05) is 19.1 Å². The van der Waals surface area contributed by atoms with Crippen LogP contribution in [0.2, 0.25) is 0 Å². The van der Waals surface area contributed by atoms with Gasteiger partial charge in [0.2, 0.25) is 0 Å². The van der Waals surface area contributed by atoms with Crippen LogP contribution >= 0.6 is 0 Å². The smallest absolute Gasteiger partial charge is 0.340 e. The molecular weight excluding hydrogens is 296 g/mol. The van der Waals surface area contributed by atoms with Gasteiger partial charge in [-0.3, -0.25) is 9.59 Å². The molecule has 0 bridgehead atoms.